The molecule has 716 valence electrons. The first-order valence-electron chi connectivity index (χ1n) is 47.2. The maximum Gasteiger partial charge on any atom is 0.318 e. The molecule has 9 aliphatic heterocycles. The van der Waals surface area contributed by atoms with Crippen LogP contribution in [0.2, 0.25) is 0 Å². The van der Waals surface area contributed by atoms with Gasteiger partial charge in [-0.25, -0.2) is 24.9 Å². The van der Waals surface area contributed by atoms with Crippen LogP contribution in [0.4, 0.5) is 52.8 Å². The van der Waals surface area contributed by atoms with Crippen molar-refractivity contribution >= 4 is 64.6 Å². The summed E-state index contributed by atoms with van der Waals surface area (Å²) in [6.07, 6.45) is 1.56. The Kier molecular flexibility index (Phi) is 35.9. The molecular formula is C95H158N26O8. The lowest BCUT2D eigenvalue weighted by molar-refractivity contribution is -0.134. The van der Waals surface area contributed by atoms with Gasteiger partial charge in [-0.2, -0.15) is 34.9 Å². The molecule has 15 rings (SSSR count). The second-order valence-electron chi connectivity index (χ2n) is 42.3. The van der Waals surface area contributed by atoms with Crippen LogP contribution in [0.15, 0.2) is 36.4 Å². The van der Waals surface area contributed by atoms with Gasteiger partial charge < -0.3 is 100 Å². The van der Waals surface area contributed by atoms with Crippen LogP contribution < -0.4 is 66.7 Å². The summed E-state index contributed by atoms with van der Waals surface area (Å²) in [7, 11) is 1.58. The van der Waals surface area contributed by atoms with E-state index in [0.29, 0.717) is 60.6 Å². The van der Waals surface area contributed by atoms with E-state index in [4.69, 9.17) is 63.3 Å². The van der Waals surface area contributed by atoms with Gasteiger partial charge in [-0.3, -0.25) is 9.59 Å². The highest BCUT2D eigenvalue weighted by Gasteiger charge is 2.34. The number of aromatic nitrogens is 12. The molecular weight excluding hydrogens is 1630 g/mol. The van der Waals surface area contributed by atoms with E-state index in [-0.39, 0.29) is 56.3 Å². The van der Waals surface area contributed by atoms with Gasteiger partial charge in [0.1, 0.15) is 40.7 Å². The van der Waals surface area contributed by atoms with E-state index >= 15 is 0 Å². The average Bonchev–Trinajstić information content (AvgIpc) is 0.836. The molecule has 0 saturated carbocycles. The number of anilines is 9. The number of methoxy groups -OCH3 is 1. The van der Waals surface area contributed by atoms with Crippen molar-refractivity contribution in [2.75, 3.05) is 218 Å². The van der Waals surface area contributed by atoms with Crippen molar-refractivity contribution in [2.24, 2.45) is 11.8 Å². The van der Waals surface area contributed by atoms with Gasteiger partial charge in [0.15, 0.2) is 0 Å². The number of piperazine rings is 3. The summed E-state index contributed by atoms with van der Waals surface area (Å²) >= 11 is 0. The van der Waals surface area contributed by atoms with Gasteiger partial charge in [0, 0.05) is 192 Å². The average molecular weight is 1790 g/mol. The topological polar surface area (TPSA) is 360 Å². The molecule has 9 aliphatic rings. The standard InChI is InChI=1S/C19H31N5O2.C18H29N5O2.C17H30N6.C15H25N3O.C14H24N4O.C12H19N3O2/c1-13(2)17(25)23-6-8-24(9-7-23)18-21-15(19(3,4)5)10-16(22-18)20-14-11-26-12-14;1-5-16(24)22-6-8-23(9-7-22)17-20-14(18(2,3)4)10-15(21-17)19-13-11-25-12-13;1-5-22-6-8-23(9-7-22)16-20-14(17(2,3)4)10-15(21-16)19-13-11-18-12-13;1-10(2)6-13-17-12(15(3,4)5)7-14(18-13)16-11-8-19-9-11;1-9(2)19-13-17-11(14(3,4)5)6-12(18-13)16-10-7-15-8-10;1-12(2,3)9-5-10(13-8-6-17-7-8)15-11(14-9)16-4/h10,13-14H,6-9,11-12H2,1-5H3,(H,20,21,22);10,13H,5-9,11-12H2,1-4H3,(H,19,20,21);10,13,18H,5-9,11-12H2,1-4H3,(H,19,20,21);7,10-11H,6,8-9H2,1-5H3,(H,16,17,18);6,9-10,15H,7-8H2,1-5H3,(H,16,17,18);5,8H,6-7H2,1-4H3,(H,13,14,15). The molecule has 9 saturated heterocycles. The Morgan fingerprint density at radius 1 is 0.380 bits per heavy atom. The lowest BCUT2D eigenvalue weighted by Gasteiger charge is -2.36. The predicted molar refractivity (Wildman–Crippen MR) is 516 cm³/mol. The minimum atomic E-state index is -0.0559. The SMILES string of the molecule is CC(C)C(=O)N1CCN(c2nc(NC3COC3)cc(C(C)(C)C)n2)CC1.CC(C)Cc1nc(NC2COC2)cc(C(C)(C)C)n1.CC(C)Oc1nc(NC2CNC2)cc(C(C)(C)C)n1.CCC(=O)N1CCN(c2nc(NC3COC3)cc(C(C)(C)C)n2)CC1.CCN1CCN(c2nc(NC3CNC3)cc(C(C)(C)C)n2)CC1.COc1nc(NC2COC2)cc(C(C)(C)C)n1. The molecule has 129 heavy (non-hydrogen) atoms. The summed E-state index contributed by atoms with van der Waals surface area (Å²) in [6.45, 7) is 76.5. The summed E-state index contributed by atoms with van der Waals surface area (Å²) in [4.78, 5) is 92.8. The fourth-order valence-corrected chi connectivity index (χ4v) is 14.1. The lowest BCUT2D eigenvalue weighted by Crippen LogP contribution is -2.51. The second kappa shape index (κ2) is 45.4. The van der Waals surface area contributed by atoms with E-state index in [2.05, 4.69) is 245 Å². The number of likely N-dealkylation sites (N-methyl/N-ethyl adjacent to an activating group) is 1. The first-order chi connectivity index (χ1) is 60.7. The van der Waals surface area contributed by atoms with Crippen LogP contribution >= 0.6 is 0 Å². The Hall–Kier alpha value is -9.06. The third-order valence-electron chi connectivity index (χ3n) is 23.0. The van der Waals surface area contributed by atoms with Gasteiger partial charge in [-0.15, -0.1) is 0 Å². The van der Waals surface area contributed by atoms with Crippen molar-refractivity contribution in [1.82, 2.24) is 85.1 Å². The Labute approximate surface area is 769 Å². The minimum Gasteiger partial charge on any atom is -0.467 e. The van der Waals surface area contributed by atoms with Crippen LogP contribution in [0.5, 0.6) is 12.0 Å². The van der Waals surface area contributed by atoms with E-state index < -0.39 is 0 Å². The Balaban J connectivity index is 0.000000162. The van der Waals surface area contributed by atoms with E-state index in [1.807, 2.05) is 68.7 Å². The van der Waals surface area contributed by atoms with E-state index in [1.54, 1.807) is 7.11 Å². The fourth-order valence-electron chi connectivity index (χ4n) is 14.1. The van der Waals surface area contributed by atoms with Crippen molar-refractivity contribution < 1.29 is 38.0 Å². The van der Waals surface area contributed by atoms with E-state index in [9.17, 15) is 9.59 Å². The highest BCUT2D eigenvalue weighted by Crippen LogP contribution is 2.33. The van der Waals surface area contributed by atoms with Crippen molar-refractivity contribution in [3.8, 4) is 12.0 Å². The van der Waals surface area contributed by atoms with E-state index in [0.717, 1.165) is 263 Å². The summed E-state index contributed by atoms with van der Waals surface area (Å²) < 4.78 is 31.6. The quantitative estimate of drug-likeness (QED) is 0.0295. The van der Waals surface area contributed by atoms with Crippen LogP contribution in [0.3, 0.4) is 0 Å². The summed E-state index contributed by atoms with van der Waals surface area (Å²) in [5.74, 6) is 9.62. The van der Waals surface area contributed by atoms with Crippen LogP contribution in [-0.4, -0.2) is 300 Å². The van der Waals surface area contributed by atoms with Gasteiger partial charge in [-0.1, -0.05) is 166 Å². The number of ether oxygens (including phenoxy) is 6. The summed E-state index contributed by atoms with van der Waals surface area (Å²) in [5, 5.41) is 27.1. The predicted octanol–water partition coefficient (Wildman–Crippen LogP) is 11.2. The molecule has 0 radical (unpaired) electrons. The first kappa shape index (κ1) is 102. The Morgan fingerprint density at radius 3 is 0.953 bits per heavy atom. The molecule has 6 aromatic heterocycles. The number of hydrogen-bond acceptors (Lipinski definition) is 32. The maximum atomic E-state index is 12.2. The van der Waals surface area contributed by atoms with E-state index in [1.165, 1.54) is 0 Å². The second-order valence-corrected chi connectivity index (χ2v) is 42.3. The molecule has 9 fully saturated rings. The Morgan fingerprint density at radius 2 is 0.674 bits per heavy atom. The number of carbonyl (C=O) groups excluding carboxylic acids is 2. The normalized spacial score (nSPS) is 18.1. The number of nitrogens with zero attached hydrogens (tertiary/aromatic N) is 18. The molecule has 34 nitrogen and oxygen atoms in total. The molecule has 0 spiro atoms. The minimum absolute atomic E-state index is 0.0215. The molecule has 6 aromatic rings. The molecule has 0 aromatic carbocycles. The van der Waals surface area contributed by atoms with Crippen molar-refractivity contribution in [3.05, 3.63) is 76.4 Å². The number of carbonyl (C=O) groups is 2. The van der Waals surface area contributed by atoms with Crippen molar-refractivity contribution in [3.63, 3.8) is 0 Å². The smallest absolute Gasteiger partial charge is 0.318 e. The zero-order valence-corrected chi connectivity index (χ0v) is 83.1. The van der Waals surface area contributed by atoms with Gasteiger partial charge in [0.25, 0.3) is 0 Å². The van der Waals surface area contributed by atoms with Crippen LogP contribution in [0, 0.1) is 11.8 Å². The number of nitrogens with one attached hydrogen (secondary N) is 8. The monoisotopic (exact) mass is 1790 g/mol. The third-order valence-corrected chi connectivity index (χ3v) is 23.0. The lowest BCUT2D eigenvalue weighted by atomic mass is 9.91. The van der Waals surface area contributed by atoms with Crippen molar-refractivity contribution in [2.45, 2.75) is 268 Å². The molecule has 0 atom stereocenters. The maximum absolute atomic E-state index is 12.2. The van der Waals surface area contributed by atoms with Crippen LogP contribution in [0.25, 0.3) is 0 Å². The largest absolute Gasteiger partial charge is 0.467 e. The molecule has 15 heterocycles. The molecule has 8 N–H and O–H groups in total. The van der Waals surface area contributed by atoms with Crippen LogP contribution in [-0.2, 0) is 67.4 Å². The van der Waals surface area contributed by atoms with Gasteiger partial charge >= 0.3 is 12.0 Å². The highest BCUT2D eigenvalue weighted by atomic mass is 16.5. The molecule has 0 unspecified atom stereocenters. The number of hydrogen-bond donors (Lipinski definition) is 8. The van der Waals surface area contributed by atoms with Crippen molar-refractivity contribution in [1.29, 1.82) is 0 Å². The molecule has 0 bridgehead atoms. The first-order valence-corrected chi connectivity index (χ1v) is 47.2. The zero-order valence-electron chi connectivity index (χ0n) is 83.1. The molecule has 2 amide bonds. The third kappa shape index (κ3) is 31.6. The Bertz CT molecular complexity index is 4420. The zero-order chi connectivity index (χ0) is 93.9. The van der Waals surface area contributed by atoms with Gasteiger partial charge in [0.2, 0.25) is 29.7 Å². The number of amides is 2. The highest BCUT2D eigenvalue weighted by molar-refractivity contribution is 5.78. The van der Waals surface area contributed by atoms with Gasteiger partial charge in [0.05, 0.1) is 136 Å². The summed E-state index contributed by atoms with van der Waals surface area (Å²) in [6, 6.07) is 15.5. The number of rotatable bonds is 23. The van der Waals surface area contributed by atoms with Gasteiger partial charge in [-0.05, 0) is 26.3 Å². The summed E-state index contributed by atoms with van der Waals surface area (Å²) in [5.41, 5.74) is 6.12. The molecule has 0 aliphatic carbocycles. The van der Waals surface area contributed by atoms with Crippen LogP contribution in [0.1, 0.15) is 226 Å². The fraction of sp³-hybridized carbons (Fsp3) is 0.726. The molecule has 34 heteroatoms.